The molecule has 1 unspecified atom stereocenters. The zero-order chi connectivity index (χ0) is 16.7. The Bertz CT molecular complexity index is 820. The summed E-state index contributed by atoms with van der Waals surface area (Å²) in [7, 11) is 0. The molecule has 2 aliphatic rings. The largest absolute Gasteiger partial charge is 0.296 e. The Morgan fingerprint density at radius 2 is 1.79 bits per heavy atom. The normalized spacial score (nSPS) is 20.2. The summed E-state index contributed by atoms with van der Waals surface area (Å²) in [5, 5.41) is 1.20. The minimum atomic E-state index is 0.600. The van der Waals surface area contributed by atoms with Crippen LogP contribution in [-0.2, 0) is 6.42 Å². The number of hydrogen-bond acceptors (Lipinski definition) is 1. The van der Waals surface area contributed by atoms with Crippen LogP contribution < -0.4 is 0 Å². The summed E-state index contributed by atoms with van der Waals surface area (Å²) in [4.78, 5) is 2.60. The van der Waals surface area contributed by atoms with E-state index in [1.807, 2.05) is 18.2 Å². The van der Waals surface area contributed by atoms with Gasteiger partial charge in [-0.15, -0.1) is 0 Å². The molecule has 1 aliphatic heterocycles. The van der Waals surface area contributed by atoms with Crippen LogP contribution in [0.1, 0.15) is 41.6 Å². The quantitative estimate of drug-likeness (QED) is 0.624. The second-order valence-corrected chi connectivity index (χ2v) is 7.69. The van der Waals surface area contributed by atoms with Gasteiger partial charge in [0.1, 0.15) is 0 Å². The van der Waals surface area contributed by atoms with Crippen LogP contribution in [-0.4, -0.2) is 18.0 Å². The van der Waals surface area contributed by atoms with Crippen molar-refractivity contribution in [2.24, 2.45) is 5.92 Å². The Labute approximate surface area is 153 Å². The molecule has 0 saturated carbocycles. The average molecular weight is 356 g/mol. The van der Waals surface area contributed by atoms with Crippen LogP contribution in [0.4, 0.5) is 0 Å². The minimum Gasteiger partial charge on any atom is -0.296 e. The lowest BCUT2D eigenvalue weighted by molar-refractivity contribution is 0.0624. The zero-order valence-corrected chi connectivity index (χ0v) is 15.2. The van der Waals surface area contributed by atoms with E-state index in [4.69, 9.17) is 23.2 Å². The van der Waals surface area contributed by atoms with E-state index in [1.54, 1.807) is 0 Å². The molecular weight excluding hydrogens is 337 g/mol. The third kappa shape index (κ3) is 2.95. The Balaban J connectivity index is 1.58. The highest BCUT2D eigenvalue weighted by Crippen LogP contribution is 2.39. The van der Waals surface area contributed by atoms with Gasteiger partial charge < -0.3 is 0 Å². The molecular formula is C21H19Cl2N. The summed E-state index contributed by atoms with van der Waals surface area (Å²) in [6.07, 6.45) is 2.38. The number of hydrogen-bond donors (Lipinski definition) is 0. The second-order valence-electron chi connectivity index (χ2n) is 6.87. The first-order valence-corrected chi connectivity index (χ1v) is 9.20. The maximum Gasteiger partial charge on any atom is 0.0621 e. The summed E-state index contributed by atoms with van der Waals surface area (Å²) >= 11 is 12.4. The van der Waals surface area contributed by atoms with Crippen molar-refractivity contribution in [2.75, 3.05) is 13.1 Å². The third-order valence-corrected chi connectivity index (χ3v) is 5.65. The van der Waals surface area contributed by atoms with Crippen molar-refractivity contribution in [1.82, 2.24) is 4.90 Å². The standard InChI is InChI=1S/C21H19Cl2N/c1-14-12-24(13-14)21-10-7-16-11-15(5-8-17(16)21)6-9-18-19(22)3-2-4-20(18)23/h2-5,8,11,14,21H,7,10,12-13H2,1H3. The average Bonchev–Trinajstić information content (AvgIpc) is 2.94. The predicted octanol–water partition coefficient (Wildman–Crippen LogP) is 5.33. The van der Waals surface area contributed by atoms with E-state index >= 15 is 0 Å². The number of likely N-dealkylation sites (tertiary alicyclic amines) is 1. The molecule has 0 N–H and O–H groups in total. The van der Waals surface area contributed by atoms with Crippen molar-refractivity contribution in [3.63, 3.8) is 0 Å². The molecule has 0 amide bonds. The lowest BCUT2D eigenvalue weighted by Gasteiger charge is -2.42. The van der Waals surface area contributed by atoms with Gasteiger partial charge in [-0.1, -0.05) is 54.1 Å². The van der Waals surface area contributed by atoms with Crippen LogP contribution in [0.2, 0.25) is 10.0 Å². The van der Waals surface area contributed by atoms with E-state index in [0.29, 0.717) is 21.7 Å². The van der Waals surface area contributed by atoms with Gasteiger partial charge in [0.2, 0.25) is 0 Å². The van der Waals surface area contributed by atoms with E-state index in [1.165, 1.54) is 30.6 Å². The van der Waals surface area contributed by atoms with Crippen molar-refractivity contribution in [1.29, 1.82) is 0 Å². The van der Waals surface area contributed by atoms with Crippen LogP contribution in [0, 0.1) is 17.8 Å². The molecule has 1 nitrogen and oxygen atoms in total. The highest BCUT2D eigenvalue weighted by atomic mass is 35.5. The smallest absolute Gasteiger partial charge is 0.0621 e. The molecule has 1 atom stereocenters. The monoisotopic (exact) mass is 355 g/mol. The van der Waals surface area contributed by atoms with Crippen molar-refractivity contribution in [3.05, 3.63) is 68.7 Å². The molecule has 24 heavy (non-hydrogen) atoms. The van der Waals surface area contributed by atoms with Crippen LogP contribution in [0.25, 0.3) is 0 Å². The van der Waals surface area contributed by atoms with Crippen LogP contribution in [0.5, 0.6) is 0 Å². The summed E-state index contributed by atoms with van der Waals surface area (Å²) in [5.74, 6) is 7.19. The zero-order valence-electron chi connectivity index (χ0n) is 13.7. The van der Waals surface area contributed by atoms with Gasteiger partial charge in [0, 0.05) is 24.7 Å². The highest BCUT2D eigenvalue weighted by Gasteiger charge is 2.34. The fourth-order valence-corrected chi connectivity index (χ4v) is 4.30. The van der Waals surface area contributed by atoms with Crippen LogP contribution >= 0.6 is 23.2 Å². The molecule has 1 heterocycles. The first kappa shape index (κ1) is 16.0. The number of halogens is 2. The van der Waals surface area contributed by atoms with Gasteiger partial charge in [0.15, 0.2) is 0 Å². The molecule has 4 rings (SSSR count). The summed E-state index contributed by atoms with van der Waals surface area (Å²) < 4.78 is 0. The number of nitrogens with zero attached hydrogens (tertiary/aromatic N) is 1. The van der Waals surface area contributed by atoms with Gasteiger partial charge in [0.25, 0.3) is 0 Å². The van der Waals surface area contributed by atoms with E-state index in [2.05, 4.69) is 41.9 Å². The van der Waals surface area contributed by atoms with E-state index < -0.39 is 0 Å². The Morgan fingerprint density at radius 1 is 1.04 bits per heavy atom. The fourth-order valence-electron chi connectivity index (χ4n) is 3.81. The van der Waals surface area contributed by atoms with Crippen molar-refractivity contribution < 1.29 is 0 Å². The van der Waals surface area contributed by atoms with E-state index in [-0.39, 0.29) is 0 Å². The molecule has 0 bridgehead atoms. The molecule has 3 heteroatoms. The van der Waals surface area contributed by atoms with Gasteiger partial charge in [-0.05, 0) is 54.2 Å². The number of rotatable bonds is 1. The second kappa shape index (κ2) is 6.45. The van der Waals surface area contributed by atoms with Crippen LogP contribution in [0.3, 0.4) is 0 Å². The topological polar surface area (TPSA) is 3.24 Å². The van der Waals surface area contributed by atoms with E-state index in [0.717, 1.165) is 17.9 Å². The van der Waals surface area contributed by atoms with Crippen LogP contribution in [0.15, 0.2) is 36.4 Å². The SMILES string of the molecule is CC1CN(C2CCc3cc(C#Cc4c(Cl)cccc4Cl)ccc32)C1. The van der Waals surface area contributed by atoms with E-state index in [9.17, 15) is 0 Å². The molecule has 0 spiro atoms. The van der Waals surface area contributed by atoms with Gasteiger partial charge in [-0.3, -0.25) is 4.90 Å². The lowest BCUT2D eigenvalue weighted by Crippen LogP contribution is -2.46. The highest BCUT2D eigenvalue weighted by molar-refractivity contribution is 6.36. The Hall–Kier alpha value is -1.46. The van der Waals surface area contributed by atoms with Gasteiger partial charge in [-0.2, -0.15) is 0 Å². The van der Waals surface area contributed by atoms with Crippen molar-refractivity contribution >= 4 is 23.2 Å². The molecule has 0 aromatic heterocycles. The van der Waals surface area contributed by atoms with Crippen molar-refractivity contribution in [2.45, 2.75) is 25.8 Å². The Kier molecular flexibility index (Phi) is 4.31. The number of benzene rings is 2. The number of fused-ring (bicyclic) bond motifs is 1. The first-order chi connectivity index (χ1) is 11.6. The molecule has 1 saturated heterocycles. The maximum absolute atomic E-state index is 6.19. The predicted molar refractivity (Wildman–Crippen MR) is 101 cm³/mol. The Morgan fingerprint density at radius 3 is 2.50 bits per heavy atom. The molecule has 1 aliphatic carbocycles. The van der Waals surface area contributed by atoms with Gasteiger partial charge in [-0.25, -0.2) is 0 Å². The van der Waals surface area contributed by atoms with Gasteiger partial charge >= 0.3 is 0 Å². The maximum atomic E-state index is 6.19. The van der Waals surface area contributed by atoms with Gasteiger partial charge in [0.05, 0.1) is 15.6 Å². The summed E-state index contributed by atoms with van der Waals surface area (Å²) in [5.41, 5.74) is 4.66. The fraction of sp³-hybridized carbons (Fsp3) is 0.333. The molecule has 0 radical (unpaired) electrons. The molecule has 1 fully saturated rings. The minimum absolute atomic E-state index is 0.600. The summed E-state index contributed by atoms with van der Waals surface area (Å²) in [6.45, 7) is 4.79. The third-order valence-electron chi connectivity index (χ3n) is 5.02. The molecule has 2 aromatic rings. The number of aryl methyl sites for hydroxylation is 1. The molecule has 2 aromatic carbocycles. The van der Waals surface area contributed by atoms with Crippen molar-refractivity contribution in [3.8, 4) is 11.8 Å². The lowest BCUT2D eigenvalue weighted by atomic mass is 9.96. The first-order valence-electron chi connectivity index (χ1n) is 8.44. The molecule has 122 valence electrons. The summed E-state index contributed by atoms with van der Waals surface area (Å²) in [6, 6.07) is 12.7.